The van der Waals surface area contributed by atoms with Gasteiger partial charge in [0, 0.05) is 22.5 Å². The van der Waals surface area contributed by atoms with Gasteiger partial charge in [0.25, 0.3) is 0 Å². The van der Waals surface area contributed by atoms with Gasteiger partial charge in [-0.15, -0.1) is 35.3 Å². The number of fused-ring (bicyclic) bond motifs is 1. The maximum atomic E-state index is 13.6. The Bertz CT molecular complexity index is 914. The first-order valence-corrected chi connectivity index (χ1v) is 8.38. The Labute approximate surface area is 169 Å². The first kappa shape index (κ1) is 20.1. The fraction of sp³-hybridized carbons (Fsp3) is 0.188. The number of thiazole rings is 1. The highest BCUT2D eigenvalue weighted by Crippen LogP contribution is 2.29. The molecule has 0 aliphatic carbocycles. The van der Waals surface area contributed by atoms with Crippen molar-refractivity contribution in [1.29, 1.82) is 0 Å². The molecular formula is C16H16FIN4O3S. The third kappa shape index (κ3) is 4.49. The van der Waals surface area contributed by atoms with E-state index in [0.717, 1.165) is 0 Å². The van der Waals surface area contributed by atoms with Crippen molar-refractivity contribution in [2.75, 3.05) is 23.8 Å². The number of hydrogen-bond donors (Lipinski definition) is 3. The summed E-state index contributed by atoms with van der Waals surface area (Å²) in [6, 6.07) is 4.01. The van der Waals surface area contributed by atoms with Gasteiger partial charge in [-0.25, -0.2) is 14.2 Å². The Kier molecular flexibility index (Phi) is 6.91. The lowest BCUT2D eigenvalue weighted by atomic mass is 10.2. The number of nitrogens with one attached hydrogen (secondary N) is 3. The average Bonchev–Trinajstić information content (AvgIpc) is 3.21. The molecule has 138 valence electrons. The molecule has 0 unspecified atom stereocenters. The number of anilines is 2. The van der Waals surface area contributed by atoms with Crippen molar-refractivity contribution in [1.82, 2.24) is 9.97 Å². The van der Waals surface area contributed by atoms with Crippen LogP contribution in [0, 0.1) is 5.82 Å². The van der Waals surface area contributed by atoms with E-state index < -0.39 is 17.7 Å². The Morgan fingerprint density at radius 1 is 1.38 bits per heavy atom. The summed E-state index contributed by atoms with van der Waals surface area (Å²) in [7, 11) is 0. The molecule has 26 heavy (non-hydrogen) atoms. The number of nitrogens with zero attached hydrogens (tertiary/aromatic N) is 1. The number of halogens is 2. The second-order valence-corrected chi connectivity index (χ2v) is 5.92. The van der Waals surface area contributed by atoms with Gasteiger partial charge in [-0.1, -0.05) is 0 Å². The van der Waals surface area contributed by atoms with E-state index in [2.05, 4.69) is 20.6 Å². The molecule has 3 aromatic rings. The molecule has 3 N–H and O–H groups in total. The second kappa shape index (κ2) is 8.94. The van der Waals surface area contributed by atoms with Gasteiger partial charge in [-0.05, 0) is 25.1 Å². The predicted molar refractivity (Wildman–Crippen MR) is 109 cm³/mol. The minimum absolute atomic E-state index is 0. The molecule has 7 nitrogen and oxygen atoms in total. The molecule has 1 amide bonds. The van der Waals surface area contributed by atoms with Crippen LogP contribution in [0.25, 0.3) is 10.9 Å². The lowest BCUT2D eigenvalue weighted by molar-refractivity contribution is -0.114. The van der Waals surface area contributed by atoms with Crippen LogP contribution in [0.2, 0.25) is 0 Å². The number of carbonyl (C=O) groups excluding carboxylic acids is 2. The van der Waals surface area contributed by atoms with E-state index in [1.807, 2.05) is 0 Å². The zero-order valence-electron chi connectivity index (χ0n) is 13.7. The zero-order chi connectivity index (χ0) is 17.8. The number of aromatic nitrogens is 2. The van der Waals surface area contributed by atoms with Crippen LogP contribution in [0.5, 0.6) is 0 Å². The van der Waals surface area contributed by atoms with Crippen molar-refractivity contribution in [2.45, 2.75) is 6.92 Å². The molecule has 0 bridgehead atoms. The lowest BCUT2D eigenvalue weighted by Gasteiger charge is -2.08. The first-order valence-electron chi connectivity index (χ1n) is 7.50. The van der Waals surface area contributed by atoms with Gasteiger partial charge in [0.05, 0.1) is 18.8 Å². The van der Waals surface area contributed by atoms with Crippen molar-refractivity contribution in [2.24, 2.45) is 0 Å². The standard InChI is InChI=1S/C16H15FN4O3S.HI/c1-2-24-15(23)14-13(10-7-9(17)3-4-11(10)20-14)21-12(22)8-19-16-18-5-6-25-16;/h3-7,20H,2,8H2,1H3,(H,18,19)(H,21,22);1H. The van der Waals surface area contributed by atoms with Crippen LogP contribution in [-0.2, 0) is 9.53 Å². The topological polar surface area (TPSA) is 96.1 Å². The molecule has 0 aliphatic rings. The third-order valence-corrected chi connectivity index (χ3v) is 4.07. The fourth-order valence-electron chi connectivity index (χ4n) is 2.30. The highest BCUT2D eigenvalue weighted by molar-refractivity contribution is 14.0. The van der Waals surface area contributed by atoms with Crippen LogP contribution in [0.3, 0.4) is 0 Å². The molecule has 0 radical (unpaired) electrons. The van der Waals surface area contributed by atoms with E-state index in [1.54, 1.807) is 18.5 Å². The number of rotatable bonds is 6. The second-order valence-electron chi connectivity index (χ2n) is 5.02. The summed E-state index contributed by atoms with van der Waals surface area (Å²) >= 11 is 1.36. The Morgan fingerprint density at radius 3 is 2.88 bits per heavy atom. The Morgan fingerprint density at radius 2 is 2.19 bits per heavy atom. The smallest absolute Gasteiger partial charge is 0.356 e. The number of hydrogen-bond acceptors (Lipinski definition) is 6. The van der Waals surface area contributed by atoms with Crippen molar-refractivity contribution in [3.05, 3.63) is 41.3 Å². The summed E-state index contributed by atoms with van der Waals surface area (Å²) in [4.78, 5) is 31.2. The van der Waals surface area contributed by atoms with Crippen LogP contribution in [0.1, 0.15) is 17.4 Å². The molecule has 0 aliphatic heterocycles. The number of ether oxygens (including phenoxy) is 1. The zero-order valence-corrected chi connectivity index (χ0v) is 16.8. The molecule has 3 rings (SSSR count). The minimum atomic E-state index is -0.623. The summed E-state index contributed by atoms with van der Waals surface area (Å²) in [6.07, 6.45) is 1.62. The van der Waals surface area contributed by atoms with E-state index in [4.69, 9.17) is 4.74 Å². The summed E-state index contributed by atoms with van der Waals surface area (Å²) in [5.41, 5.74) is 0.788. The molecular weight excluding hydrogens is 474 g/mol. The van der Waals surface area contributed by atoms with E-state index in [9.17, 15) is 14.0 Å². The van der Waals surface area contributed by atoms with Crippen molar-refractivity contribution in [3.8, 4) is 0 Å². The van der Waals surface area contributed by atoms with Gasteiger partial charge in [0.2, 0.25) is 5.91 Å². The average molecular weight is 490 g/mol. The third-order valence-electron chi connectivity index (χ3n) is 3.34. The number of H-pyrrole nitrogens is 1. The maximum absolute atomic E-state index is 13.6. The van der Waals surface area contributed by atoms with Gasteiger partial charge in [-0.3, -0.25) is 4.79 Å². The van der Waals surface area contributed by atoms with E-state index in [0.29, 0.717) is 16.0 Å². The maximum Gasteiger partial charge on any atom is 0.356 e. The normalized spacial score (nSPS) is 10.2. The van der Waals surface area contributed by atoms with Crippen LogP contribution >= 0.6 is 35.3 Å². The highest BCUT2D eigenvalue weighted by atomic mass is 127. The lowest BCUT2D eigenvalue weighted by Crippen LogP contribution is -2.23. The van der Waals surface area contributed by atoms with Crippen LogP contribution in [-0.4, -0.2) is 35.0 Å². The minimum Gasteiger partial charge on any atom is -0.461 e. The molecule has 1 aromatic carbocycles. The highest BCUT2D eigenvalue weighted by Gasteiger charge is 2.21. The van der Waals surface area contributed by atoms with Crippen LogP contribution in [0.15, 0.2) is 29.8 Å². The fourth-order valence-corrected chi connectivity index (χ4v) is 2.83. The number of esters is 1. The van der Waals surface area contributed by atoms with Gasteiger partial charge in [-0.2, -0.15) is 0 Å². The SMILES string of the molecule is CCOC(=O)c1[nH]c2ccc(F)cc2c1NC(=O)CNc1nccs1.I. The van der Waals surface area contributed by atoms with Gasteiger partial charge >= 0.3 is 5.97 Å². The van der Waals surface area contributed by atoms with Gasteiger partial charge < -0.3 is 20.4 Å². The van der Waals surface area contributed by atoms with E-state index in [1.165, 1.54) is 29.5 Å². The Hall–Kier alpha value is -2.21. The molecule has 0 fully saturated rings. The van der Waals surface area contributed by atoms with Crippen molar-refractivity contribution >= 4 is 68.9 Å². The van der Waals surface area contributed by atoms with Gasteiger partial charge in [0.1, 0.15) is 11.5 Å². The van der Waals surface area contributed by atoms with Crippen LogP contribution in [0.4, 0.5) is 15.2 Å². The summed E-state index contributed by atoms with van der Waals surface area (Å²) in [5, 5.41) is 8.28. The molecule has 2 heterocycles. The van der Waals surface area contributed by atoms with Gasteiger partial charge in [0.15, 0.2) is 5.13 Å². The van der Waals surface area contributed by atoms with E-state index >= 15 is 0 Å². The molecule has 0 saturated carbocycles. The van der Waals surface area contributed by atoms with E-state index in [-0.39, 0.29) is 48.5 Å². The molecule has 0 atom stereocenters. The Balaban J connectivity index is 0.00000243. The van der Waals surface area contributed by atoms with Crippen LogP contribution < -0.4 is 10.6 Å². The number of amides is 1. The van der Waals surface area contributed by atoms with Crippen molar-refractivity contribution in [3.63, 3.8) is 0 Å². The quantitative estimate of drug-likeness (QED) is 0.363. The molecule has 10 heteroatoms. The number of aromatic amines is 1. The summed E-state index contributed by atoms with van der Waals surface area (Å²) in [5.74, 6) is -1.49. The molecule has 2 aromatic heterocycles. The summed E-state index contributed by atoms with van der Waals surface area (Å²) < 4.78 is 18.6. The summed E-state index contributed by atoms with van der Waals surface area (Å²) in [6.45, 7) is 1.82. The predicted octanol–water partition coefficient (Wildman–Crippen LogP) is 3.61. The molecule has 0 saturated heterocycles. The largest absolute Gasteiger partial charge is 0.461 e. The first-order chi connectivity index (χ1) is 12.1. The molecule has 0 spiro atoms. The van der Waals surface area contributed by atoms with Crippen molar-refractivity contribution < 1.29 is 18.7 Å². The number of benzene rings is 1. The monoisotopic (exact) mass is 490 g/mol. The number of carbonyl (C=O) groups is 2.